The normalized spacial score (nSPS) is 23.1. The molecular weight excluding hydrogens is 142 g/mol. The largest absolute Gasteiger partial charge is 0.450 e. The van der Waals surface area contributed by atoms with Crippen molar-refractivity contribution in [1.29, 1.82) is 0 Å². The predicted molar refractivity (Wildman–Crippen MR) is 43.5 cm³/mol. The van der Waals surface area contributed by atoms with Gasteiger partial charge in [-0.25, -0.2) is 4.99 Å². The maximum atomic E-state index is 8.92. The van der Waals surface area contributed by atoms with Gasteiger partial charge in [-0.2, -0.15) is 0 Å². The molecule has 11 heavy (non-hydrogen) atoms. The topological polar surface area (TPSA) is 41.8 Å². The molecule has 1 rings (SSSR count). The van der Waals surface area contributed by atoms with E-state index in [1.807, 2.05) is 0 Å². The van der Waals surface area contributed by atoms with Crippen molar-refractivity contribution in [3.05, 3.63) is 0 Å². The highest BCUT2D eigenvalue weighted by Crippen LogP contribution is 2.08. The van der Waals surface area contributed by atoms with Crippen LogP contribution in [0.4, 0.5) is 0 Å². The first-order valence-corrected chi connectivity index (χ1v) is 4.21. The molecule has 0 aromatic carbocycles. The average molecular weight is 157 g/mol. The van der Waals surface area contributed by atoms with Gasteiger partial charge in [-0.3, -0.25) is 0 Å². The Balaban J connectivity index is 2.08. The number of hydrogen-bond acceptors (Lipinski definition) is 3. The molecule has 1 aliphatic rings. The van der Waals surface area contributed by atoms with E-state index >= 15 is 0 Å². The summed E-state index contributed by atoms with van der Waals surface area (Å²) in [5.74, 6) is 0.728. The molecule has 1 heterocycles. The molecule has 0 spiro atoms. The fourth-order valence-corrected chi connectivity index (χ4v) is 1.08. The first-order chi connectivity index (χ1) is 5.33. The van der Waals surface area contributed by atoms with E-state index in [0.717, 1.165) is 18.7 Å². The summed E-state index contributed by atoms with van der Waals surface area (Å²) in [4.78, 5) is 4.03. The maximum absolute atomic E-state index is 8.92. The Bertz CT molecular complexity index is 145. The van der Waals surface area contributed by atoms with Gasteiger partial charge in [-0.05, 0) is 6.42 Å². The van der Waals surface area contributed by atoms with Crippen LogP contribution in [-0.2, 0) is 4.74 Å². The summed E-state index contributed by atoms with van der Waals surface area (Å²) in [6, 6.07) is 0. The number of aliphatic hydroxyl groups excluding tert-OH is 1. The maximum Gasteiger partial charge on any atom is 0.218 e. The number of rotatable bonds is 4. The minimum atomic E-state index is -0.674. The van der Waals surface area contributed by atoms with E-state index in [2.05, 4.69) is 11.9 Å². The van der Waals surface area contributed by atoms with Crippen LogP contribution >= 0.6 is 0 Å². The summed E-state index contributed by atoms with van der Waals surface area (Å²) in [7, 11) is 0. The van der Waals surface area contributed by atoms with Crippen molar-refractivity contribution in [1.82, 2.24) is 0 Å². The van der Waals surface area contributed by atoms with Crippen molar-refractivity contribution in [2.24, 2.45) is 4.99 Å². The Morgan fingerprint density at radius 1 is 1.64 bits per heavy atom. The summed E-state index contributed by atoms with van der Waals surface area (Å²) in [6.07, 6.45) is 3.73. The van der Waals surface area contributed by atoms with Crippen LogP contribution in [0.5, 0.6) is 0 Å². The molecule has 3 heteroatoms. The number of aliphatic hydroxyl groups is 1. The van der Waals surface area contributed by atoms with Crippen LogP contribution in [0.2, 0.25) is 0 Å². The second kappa shape index (κ2) is 4.34. The van der Waals surface area contributed by atoms with Crippen molar-refractivity contribution in [2.45, 2.75) is 38.9 Å². The van der Waals surface area contributed by atoms with Crippen LogP contribution in [-0.4, -0.2) is 23.8 Å². The summed E-state index contributed by atoms with van der Waals surface area (Å²) >= 11 is 0. The molecule has 0 aliphatic carbocycles. The standard InChI is InChI=1S/C8H15NO2/c1-2-3-4-5-7-9-6-8(10)11-7/h8,10H,2-6H2,1H3. The Morgan fingerprint density at radius 3 is 3.00 bits per heavy atom. The molecular formula is C8H15NO2. The summed E-state index contributed by atoms with van der Waals surface area (Å²) in [6.45, 7) is 2.58. The Kier molecular flexibility index (Phi) is 3.36. The van der Waals surface area contributed by atoms with Crippen molar-refractivity contribution >= 4 is 5.90 Å². The van der Waals surface area contributed by atoms with Gasteiger partial charge in [0.25, 0.3) is 0 Å². The van der Waals surface area contributed by atoms with Gasteiger partial charge in [0.05, 0.1) is 0 Å². The van der Waals surface area contributed by atoms with Crippen LogP contribution in [0.1, 0.15) is 32.6 Å². The Hall–Kier alpha value is -0.570. The minimum absolute atomic E-state index is 0.418. The fourth-order valence-electron chi connectivity index (χ4n) is 1.08. The monoisotopic (exact) mass is 157 g/mol. The number of unbranched alkanes of at least 4 members (excludes halogenated alkanes) is 2. The third-order valence-electron chi connectivity index (χ3n) is 1.69. The van der Waals surface area contributed by atoms with Crippen LogP contribution in [0.3, 0.4) is 0 Å². The van der Waals surface area contributed by atoms with E-state index in [0.29, 0.717) is 6.54 Å². The SMILES string of the molecule is CCCCCC1=NCC(O)O1. The lowest BCUT2D eigenvalue weighted by atomic mass is 10.2. The van der Waals surface area contributed by atoms with Gasteiger partial charge < -0.3 is 9.84 Å². The molecule has 0 saturated heterocycles. The molecule has 0 fully saturated rings. The molecule has 3 nitrogen and oxygen atoms in total. The lowest BCUT2D eigenvalue weighted by Crippen LogP contribution is -2.10. The first kappa shape index (κ1) is 8.53. The second-order valence-corrected chi connectivity index (χ2v) is 2.76. The van der Waals surface area contributed by atoms with Crippen molar-refractivity contribution in [3.8, 4) is 0 Å². The second-order valence-electron chi connectivity index (χ2n) is 2.76. The van der Waals surface area contributed by atoms with Gasteiger partial charge in [0, 0.05) is 6.42 Å². The van der Waals surface area contributed by atoms with Gasteiger partial charge in [0.2, 0.25) is 6.29 Å². The highest BCUT2D eigenvalue weighted by atomic mass is 16.6. The van der Waals surface area contributed by atoms with Crippen LogP contribution in [0.25, 0.3) is 0 Å². The molecule has 1 aliphatic heterocycles. The van der Waals surface area contributed by atoms with E-state index < -0.39 is 6.29 Å². The molecule has 0 saturated carbocycles. The van der Waals surface area contributed by atoms with Crippen molar-refractivity contribution in [3.63, 3.8) is 0 Å². The first-order valence-electron chi connectivity index (χ1n) is 4.21. The van der Waals surface area contributed by atoms with Crippen molar-refractivity contribution in [2.75, 3.05) is 6.54 Å². The predicted octanol–water partition coefficient (Wildman–Crippen LogP) is 1.31. The zero-order valence-corrected chi connectivity index (χ0v) is 6.92. The van der Waals surface area contributed by atoms with E-state index in [1.165, 1.54) is 12.8 Å². The van der Waals surface area contributed by atoms with E-state index in [1.54, 1.807) is 0 Å². The molecule has 0 amide bonds. The quantitative estimate of drug-likeness (QED) is 0.625. The van der Waals surface area contributed by atoms with Gasteiger partial charge in [0.1, 0.15) is 6.54 Å². The fraction of sp³-hybridized carbons (Fsp3) is 0.875. The molecule has 1 unspecified atom stereocenters. The molecule has 64 valence electrons. The lowest BCUT2D eigenvalue weighted by Gasteiger charge is -2.03. The Labute approximate surface area is 67.1 Å². The summed E-state index contributed by atoms with van der Waals surface area (Å²) in [5, 5.41) is 8.92. The van der Waals surface area contributed by atoms with Crippen LogP contribution in [0, 0.1) is 0 Å². The number of hydrogen-bond donors (Lipinski definition) is 1. The zero-order valence-electron chi connectivity index (χ0n) is 6.92. The van der Waals surface area contributed by atoms with Crippen LogP contribution in [0.15, 0.2) is 4.99 Å². The summed E-state index contributed by atoms with van der Waals surface area (Å²) < 4.78 is 5.01. The van der Waals surface area contributed by atoms with Gasteiger partial charge in [-0.15, -0.1) is 0 Å². The highest BCUT2D eigenvalue weighted by Gasteiger charge is 2.15. The van der Waals surface area contributed by atoms with E-state index in [-0.39, 0.29) is 0 Å². The number of aliphatic imine (C=N–C) groups is 1. The Morgan fingerprint density at radius 2 is 2.45 bits per heavy atom. The van der Waals surface area contributed by atoms with Crippen molar-refractivity contribution < 1.29 is 9.84 Å². The molecule has 1 N–H and O–H groups in total. The average Bonchev–Trinajstić information content (AvgIpc) is 2.37. The number of nitrogens with zero attached hydrogens (tertiary/aromatic N) is 1. The van der Waals surface area contributed by atoms with E-state index in [4.69, 9.17) is 9.84 Å². The molecule has 0 radical (unpaired) electrons. The lowest BCUT2D eigenvalue weighted by molar-refractivity contribution is -0.00435. The van der Waals surface area contributed by atoms with E-state index in [9.17, 15) is 0 Å². The third kappa shape index (κ3) is 2.89. The van der Waals surface area contributed by atoms with Gasteiger partial charge in [0.15, 0.2) is 5.90 Å². The molecule has 1 atom stereocenters. The van der Waals surface area contributed by atoms with Crippen LogP contribution < -0.4 is 0 Å². The zero-order chi connectivity index (χ0) is 8.10. The number of ether oxygens (including phenoxy) is 1. The summed E-state index contributed by atoms with van der Waals surface area (Å²) in [5.41, 5.74) is 0. The molecule has 0 aromatic heterocycles. The van der Waals surface area contributed by atoms with Gasteiger partial charge in [-0.1, -0.05) is 19.8 Å². The molecule has 0 bridgehead atoms. The third-order valence-corrected chi connectivity index (χ3v) is 1.69. The highest BCUT2D eigenvalue weighted by molar-refractivity contribution is 5.77. The minimum Gasteiger partial charge on any atom is -0.450 e. The van der Waals surface area contributed by atoms with Gasteiger partial charge >= 0.3 is 0 Å². The molecule has 0 aromatic rings. The smallest absolute Gasteiger partial charge is 0.218 e.